The Morgan fingerprint density at radius 3 is 2.40 bits per heavy atom. The third-order valence-corrected chi connectivity index (χ3v) is 4.21. The van der Waals surface area contributed by atoms with Crippen LogP contribution in [0, 0.1) is 6.92 Å². The third kappa shape index (κ3) is 3.45. The first-order valence-corrected chi connectivity index (χ1v) is 8.28. The van der Waals surface area contributed by atoms with Gasteiger partial charge in [0, 0.05) is 5.56 Å². The number of aryl methyl sites for hydroxylation is 1. The number of ether oxygens (including phenoxy) is 1. The van der Waals surface area contributed by atoms with Gasteiger partial charge in [-0.1, -0.05) is 60.2 Å². The maximum Gasteiger partial charge on any atom is 0.355 e. The van der Waals surface area contributed by atoms with Crippen molar-refractivity contribution in [2.75, 3.05) is 6.61 Å². The van der Waals surface area contributed by atoms with E-state index in [1.165, 1.54) is 0 Å². The number of carbonyl (C=O) groups is 2. The lowest BCUT2D eigenvalue weighted by atomic mass is 9.84. The molecule has 2 atom stereocenters. The van der Waals surface area contributed by atoms with Gasteiger partial charge in [0.2, 0.25) is 0 Å². The van der Waals surface area contributed by atoms with Crippen LogP contribution in [0.15, 0.2) is 59.7 Å². The quantitative estimate of drug-likeness (QED) is 0.673. The molecule has 25 heavy (non-hydrogen) atoms. The molecular formula is C20H20N2O3. The summed E-state index contributed by atoms with van der Waals surface area (Å²) in [5.74, 6) is -1.08. The van der Waals surface area contributed by atoms with E-state index < -0.39 is 17.9 Å². The van der Waals surface area contributed by atoms with E-state index in [9.17, 15) is 9.59 Å². The lowest BCUT2D eigenvalue weighted by molar-refractivity contribution is -0.135. The van der Waals surface area contributed by atoms with E-state index in [1.807, 2.05) is 49.4 Å². The van der Waals surface area contributed by atoms with Crippen LogP contribution >= 0.6 is 0 Å². The van der Waals surface area contributed by atoms with Crippen molar-refractivity contribution in [1.82, 2.24) is 5.43 Å². The van der Waals surface area contributed by atoms with E-state index in [1.54, 1.807) is 19.1 Å². The fourth-order valence-corrected chi connectivity index (χ4v) is 2.93. The zero-order chi connectivity index (χ0) is 17.8. The number of hydrogen-bond acceptors (Lipinski definition) is 5. The lowest BCUT2D eigenvalue weighted by Gasteiger charge is -2.20. The first kappa shape index (κ1) is 16.9. The van der Waals surface area contributed by atoms with E-state index in [4.69, 9.17) is 4.74 Å². The van der Waals surface area contributed by atoms with Crippen LogP contribution in [0.1, 0.15) is 34.3 Å². The number of ketones is 1. The molecule has 5 nitrogen and oxygen atoms in total. The molecule has 0 unspecified atom stereocenters. The number of carbonyl (C=O) groups excluding carboxylic acids is 2. The fourth-order valence-electron chi connectivity index (χ4n) is 2.93. The van der Waals surface area contributed by atoms with Gasteiger partial charge in [0.25, 0.3) is 0 Å². The Balaban J connectivity index is 1.97. The van der Waals surface area contributed by atoms with Crippen molar-refractivity contribution in [2.45, 2.75) is 25.8 Å². The summed E-state index contributed by atoms with van der Waals surface area (Å²) >= 11 is 0. The van der Waals surface area contributed by atoms with E-state index >= 15 is 0 Å². The van der Waals surface area contributed by atoms with Crippen LogP contribution in [0.2, 0.25) is 0 Å². The maximum atomic E-state index is 12.9. The van der Waals surface area contributed by atoms with Crippen LogP contribution in [-0.2, 0) is 9.53 Å². The highest BCUT2D eigenvalue weighted by atomic mass is 16.5. The molecule has 0 radical (unpaired) electrons. The van der Waals surface area contributed by atoms with E-state index in [0.717, 1.165) is 11.1 Å². The summed E-state index contributed by atoms with van der Waals surface area (Å²) in [5, 5.41) is 4.13. The molecular weight excluding hydrogens is 316 g/mol. The molecule has 1 N–H and O–H groups in total. The lowest BCUT2D eigenvalue weighted by Crippen LogP contribution is -2.37. The van der Waals surface area contributed by atoms with Crippen molar-refractivity contribution < 1.29 is 14.3 Å². The SMILES string of the molecule is CCOC(=O)C1=NN[C@H](C(=O)c2ccccc2)[C@@H]1c1ccc(C)cc1. The molecule has 0 bridgehead atoms. The van der Waals surface area contributed by atoms with Gasteiger partial charge in [0.05, 0.1) is 12.5 Å². The minimum absolute atomic E-state index is 0.103. The number of nitrogens with one attached hydrogen (secondary N) is 1. The van der Waals surface area contributed by atoms with Crippen molar-refractivity contribution in [3.05, 3.63) is 71.3 Å². The second kappa shape index (κ2) is 7.30. The second-order valence-electron chi connectivity index (χ2n) is 5.94. The van der Waals surface area contributed by atoms with Crippen molar-refractivity contribution >= 4 is 17.5 Å². The van der Waals surface area contributed by atoms with Crippen LogP contribution in [0.4, 0.5) is 0 Å². The summed E-state index contributed by atoms with van der Waals surface area (Å²) in [4.78, 5) is 25.2. The molecule has 1 aliphatic rings. The van der Waals surface area contributed by atoms with E-state index in [-0.39, 0.29) is 18.1 Å². The zero-order valence-corrected chi connectivity index (χ0v) is 14.2. The Morgan fingerprint density at radius 2 is 1.76 bits per heavy atom. The largest absolute Gasteiger partial charge is 0.461 e. The molecule has 0 amide bonds. The van der Waals surface area contributed by atoms with Crippen molar-refractivity contribution in [3.63, 3.8) is 0 Å². The molecule has 5 heteroatoms. The van der Waals surface area contributed by atoms with Crippen LogP contribution in [0.3, 0.4) is 0 Å². The smallest absolute Gasteiger partial charge is 0.355 e. The molecule has 0 spiro atoms. The van der Waals surface area contributed by atoms with Crippen LogP contribution in [-0.4, -0.2) is 30.1 Å². The van der Waals surface area contributed by atoms with Gasteiger partial charge in [0.1, 0.15) is 6.04 Å². The molecule has 128 valence electrons. The predicted molar refractivity (Wildman–Crippen MR) is 95.7 cm³/mol. The molecule has 0 aromatic heterocycles. The first-order chi connectivity index (χ1) is 12.1. The van der Waals surface area contributed by atoms with Crippen molar-refractivity contribution in [1.29, 1.82) is 0 Å². The van der Waals surface area contributed by atoms with Gasteiger partial charge >= 0.3 is 5.97 Å². The minimum Gasteiger partial charge on any atom is -0.461 e. The molecule has 0 saturated heterocycles. The van der Waals surface area contributed by atoms with Gasteiger partial charge in [-0.15, -0.1) is 0 Å². The van der Waals surface area contributed by atoms with Gasteiger partial charge in [-0.05, 0) is 19.4 Å². The average molecular weight is 336 g/mol. The highest BCUT2D eigenvalue weighted by molar-refractivity contribution is 6.40. The number of nitrogens with zero attached hydrogens (tertiary/aromatic N) is 1. The summed E-state index contributed by atoms with van der Waals surface area (Å²) in [5.41, 5.74) is 5.63. The monoisotopic (exact) mass is 336 g/mol. The summed E-state index contributed by atoms with van der Waals surface area (Å²) in [6.45, 7) is 3.99. The number of benzene rings is 2. The van der Waals surface area contributed by atoms with Crippen LogP contribution in [0.25, 0.3) is 0 Å². The van der Waals surface area contributed by atoms with Gasteiger partial charge in [-0.25, -0.2) is 4.79 Å². The Kier molecular flexibility index (Phi) is 4.93. The molecule has 3 rings (SSSR count). The Bertz CT molecular complexity index is 797. The highest BCUT2D eigenvalue weighted by Crippen LogP contribution is 2.29. The maximum absolute atomic E-state index is 12.9. The topological polar surface area (TPSA) is 67.8 Å². The molecule has 2 aromatic carbocycles. The predicted octanol–water partition coefficient (Wildman–Crippen LogP) is 2.85. The van der Waals surface area contributed by atoms with Crippen LogP contribution < -0.4 is 5.43 Å². The minimum atomic E-state index is -0.635. The number of hydrazone groups is 1. The van der Waals surface area contributed by atoms with Gasteiger partial charge in [-0.3, -0.25) is 10.2 Å². The Morgan fingerprint density at radius 1 is 1.08 bits per heavy atom. The van der Waals surface area contributed by atoms with Gasteiger partial charge in [0.15, 0.2) is 11.5 Å². The van der Waals surface area contributed by atoms with Gasteiger partial charge in [-0.2, -0.15) is 5.10 Å². The van der Waals surface area contributed by atoms with Gasteiger partial charge < -0.3 is 4.74 Å². The molecule has 1 aliphatic heterocycles. The summed E-state index contributed by atoms with van der Waals surface area (Å²) < 4.78 is 5.11. The summed E-state index contributed by atoms with van der Waals surface area (Å²) in [7, 11) is 0. The summed E-state index contributed by atoms with van der Waals surface area (Å²) in [6.07, 6.45) is 0. The number of esters is 1. The molecule has 0 fully saturated rings. The standard InChI is InChI=1S/C20H20N2O3/c1-3-25-20(24)18-16(14-11-9-13(2)10-12-14)17(21-22-18)19(23)15-7-5-4-6-8-15/h4-12,16-17,21H,3H2,1-2H3/t16-,17-/m0/s1. The average Bonchev–Trinajstić information content (AvgIpc) is 3.08. The Labute approximate surface area is 146 Å². The Hall–Kier alpha value is -2.95. The number of Topliss-reactive ketones (excluding diaryl/α,β-unsaturated/α-hetero) is 1. The van der Waals surface area contributed by atoms with Crippen molar-refractivity contribution in [3.8, 4) is 0 Å². The molecule has 1 heterocycles. The third-order valence-electron chi connectivity index (χ3n) is 4.21. The normalized spacial score (nSPS) is 19.0. The fraction of sp³-hybridized carbons (Fsp3) is 0.250. The number of hydrogen-bond donors (Lipinski definition) is 1. The molecule has 2 aromatic rings. The van der Waals surface area contributed by atoms with Crippen LogP contribution in [0.5, 0.6) is 0 Å². The zero-order valence-electron chi connectivity index (χ0n) is 14.2. The van der Waals surface area contributed by atoms with Crippen molar-refractivity contribution in [2.24, 2.45) is 5.10 Å². The van der Waals surface area contributed by atoms with E-state index in [2.05, 4.69) is 10.5 Å². The number of rotatable bonds is 5. The first-order valence-electron chi connectivity index (χ1n) is 8.28. The second-order valence-corrected chi connectivity index (χ2v) is 5.94. The highest BCUT2D eigenvalue weighted by Gasteiger charge is 2.41. The molecule has 0 aliphatic carbocycles. The molecule has 0 saturated carbocycles. The summed E-state index contributed by atoms with van der Waals surface area (Å²) in [6, 6.07) is 16.1. The van der Waals surface area contributed by atoms with E-state index in [0.29, 0.717) is 5.56 Å².